The molecule has 0 saturated heterocycles. The van der Waals surface area contributed by atoms with Crippen LogP contribution in [-0.2, 0) is 0 Å². The lowest BCUT2D eigenvalue weighted by atomic mass is 10.0. The van der Waals surface area contributed by atoms with Crippen LogP contribution < -0.4 is 9.75 Å². The van der Waals surface area contributed by atoms with Gasteiger partial charge in [0.25, 0.3) is 0 Å². The fourth-order valence-corrected chi connectivity index (χ4v) is 5.11. The summed E-state index contributed by atoms with van der Waals surface area (Å²) in [6.45, 7) is 0. The number of methoxy groups -OCH3 is 1. The summed E-state index contributed by atoms with van der Waals surface area (Å²) in [5.74, 6) is 0.760. The molecule has 0 radical (unpaired) electrons. The molecule has 30 heavy (non-hydrogen) atoms. The number of phenolic OH excluding ortho intramolecular Hbond substituents is 1. The number of hydrazone groups is 1. The Hall–Kier alpha value is -3.16. The van der Waals surface area contributed by atoms with E-state index in [9.17, 15) is 5.11 Å². The molecule has 0 amide bonds. The maximum absolute atomic E-state index is 10.4. The number of hydrogen-bond donors (Lipinski definition) is 1. The highest BCUT2D eigenvalue weighted by Gasteiger charge is 2.32. The third-order valence-corrected chi connectivity index (χ3v) is 6.82. The lowest BCUT2D eigenvalue weighted by Gasteiger charge is -2.21. The van der Waals surface area contributed by atoms with E-state index < -0.39 is 0 Å². The van der Waals surface area contributed by atoms with Crippen molar-refractivity contribution in [3.63, 3.8) is 0 Å². The molecule has 5 rings (SSSR count). The molecule has 0 bridgehead atoms. The molecule has 2 aromatic carbocycles. The van der Waals surface area contributed by atoms with E-state index >= 15 is 0 Å². The molecule has 0 unspecified atom stereocenters. The Morgan fingerprint density at radius 2 is 1.93 bits per heavy atom. The van der Waals surface area contributed by atoms with Crippen molar-refractivity contribution in [2.24, 2.45) is 5.10 Å². The summed E-state index contributed by atoms with van der Waals surface area (Å²) < 4.78 is 5.18. The zero-order valence-electron chi connectivity index (χ0n) is 16.2. The number of rotatable bonds is 5. The molecule has 5 nitrogen and oxygen atoms in total. The van der Waals surface area contributed by atoms with Crippen molar-refractivity contribution in [1.82, 2.24) is 4.98 Å². The van der Waals surface area contributed by atoms with Gasteiger partial charge in [-0.1, -0.05) is 36.4 Å². The van der Waals surface area contributed by atoms with Gasteiger partial charge in [-0.25, -0.2) is 9.99 Å². The number of aromatic nitrogens is 1. The van der Waals surface area contributed by atoms with Crippen molar-refractivity contribution in [3.05, 3.63) is 81.9 Å². The smallest absolute Gasteiger partial charge is 0.207 e. The first-order valence-corrected chi connectivity index (χ1v) is 11.3. The molecule has 1 N–H and O–H groups in total. The second-order valence-electron chi connectivity index (χ2n) is 6.90. The summed E-state index contributed by atoms with van der Waals surface area (Å²) in [7, 11) is 1.58. The number of phenols is 1. The van der Waals surface area contributed by atoms with E-state index in [2.05, 4.69) is 41.8 Å². The summed E-state index contributed by atoms with van der Waals surface area (Å²) in [4.78, 5) is 5.99. The molecule has 2 aromatic heterocycles. The molecule has 7 heteroatoms. The third kappa shape index (κ3) is 3.46. The van der Waals surface area contributed by atoms with Gasteiger partial charge in [-0.3, -0.25) is 0 Å². The van der Waals surface area contributed by atoms with Crippen LogP contribution in [0.15, 0.2) is 76.5 Å². The zero-order chi connectivity index (χ0) is 20.5. The predicted octanol–water partition coefficient (Wildman–Crippen LogP) is 5.94. The quantitative estimate of drug-likeness (QED) is 0.423. The summed E-state index contributed by atoms with van der Waals surface area (Å²) in [6.07, 6.45) is 0.827. The molecule has 1 aliphatic heterocycles. The van der Waals surface area contributed by atoms with Crippen molar-refractivity contribution in [1.29, 1.82) is 0 Å². The average molecular weight is 434 g/mol. The Bertz CT molecular complexity index is 1190. The highest BCUT2D eigenvalue weighted by Crippen LogP contribution is 2.41. The van der Waals surface area contributed by atoms with Crippen LogP contribution in [-0.4, -0.2) is 22.9 Å². The van der Waals surface area contributed by atoms with Gasteiger partial charge in [0.05, 0.1) is 29.4 Å². The number of thiazole rings is 1. The summed E-state index contributed by atoms with van der Waals surface area (Å²) >= 11 is 3.23. The molecule has 0 fully saturated rings. The lowest BCUT2D eigenvalue weighted by Crippen LogP contribution is -2.18. The van der Waals surface area contributed by atoms with Crippen LogP contribution in [0.5, 0.6) is 11.5 Å². The van der Waals surface area contributed by atoms with E-state index in [1.807, 2.05) is 28.6 Å². The molecule has 1 atom stereocenters. The minimum atomic E-state index is 0.0896. The molecule has 150 valence electrons. The van der Waals surface area contributed by atoms with Crippen LogP contribution >= 0.6 is 22.7 Å². The second kappa shape index (κ2) is 7.93. The first kappa shape index (κ1) is 18.8. The average Bonchev–Trinajstić information content (AvgIpc) is 3.54. The Kier molecular flexibility index (Phi) is 4.98. The van der Waals surface area contributed by atoms with E-state index in [0.29, 0.717) is 11.3 Å². The Labute approximate surface area is 182 Å². The SMILES string of the molecule is COc1ccc(-c2csc(N3N=C(c4cccs4)C[C@H]3c3ccccc3)n2)c(O)c1. The molecule has 0 spiro atoms. The maximum atomic E-state index is 10.4. The van der Waals surface area contributed by atoms with Crippen molar-refractivity contribution in [2.45, 2.75) is 12.5 Å². The number of anilines is 1. The minimum absolute atomic E-state index is 0.0896. The maximum Gasteiger partial charge on any atom is 0.207 e. The molecular formula is C23H19N3O2S2. The second-order valence-corrected chi connectivity index (χ2v) is 8.68. The van der Waals surface area contributed by atoms with Gasteiger partial charge in [0.15, 0.2) is 0 Å². The van der Waals surface area contributed by atoms with Gasteiger partial charge in [-0.2, -0.15) is 5.10 Å². The minimum Gasteiger partial charge on any atom is -0.507 e. The first-order valence-electron chi connectivity index (χ1n) is 9.51. The van der Waals surface area contributed by atoms with E-state index in [1.54, 1.807) is 24.5 Å². The van der Waals surface area contributed by atoms with Crippen molar-refractivity contribution >= 4 is 33.5 Å². The van der Waals surface area contributed by atoms with Gasteiger partial charge < -0.3 is 9.84 Å². The van der Waals surface area contributed by atoms with E-state index in [0.717, 1.165) is 23.0 Å². The highest BCUT2D eigenvalue weighted by atomic mass is 32.1. The normalized spacial score (nSPS) is 16.0. The predicted molar refractivity (Wildman–Crippen MR) is 123 cm³/mol. The van der Waals surface area contributed by atoms with Crippen molar-refractivity contribution < 1.29 is 9.84 Å². The number of thiophene rings is 1. The third-order valence-electron chi connectivity index (χ3n) is 5.07. The number of benzene rings is 2. The van der Waals surface area contributed by atoms with Crippen LogP contribution in [0, 0.1) is 0 Å². The molecular weight excluding hydrogens is 414 g/mol. The summed E-state index contributed by atoms with van der Waals surface area (Å²) in [6, 6.07) is 19.9. The van der Waals surface area contributed by atoms with Crippen molar-refractivity contribution in [3.8, 4) is 22.8 Å². The Balaban J connectivity index is 1.52. The van der Waals surface area contributed by atoms with Gasteiger partial charge in [0, 0.05) is 23.4 Å². The molecule has 1 aliphatic rings. The number of nitrogens with zero attached hydrogens (tertiary/aromatic N) is 3. The van der Waals surface area contributed by atoms with Crippen LogP contribution in [0.4, 0.5) is 5.13 Å². The van der Waals surface area contributed by atoms with E-state index in [4.69, 9.17) is 14.8 Å². The van der Waals surface area contributed by atoms with Crippen LogP contribution in [0.25, 0.3) is 11.3 Å². The Morgan fingerprint density at radius 1 is 1.07 bits per heavy atom. The number of aromatic hydroxyl groups is 1. The van der Waals surface area contributed by atoms with E-state index in [1.165, 1.54) is 21.8 Å². The largest absolute Gasteiger partial charge is 0.507 e. The standard InChI is InChI=1S/C23H19N3O2S2/c1-28-16-9-10-17(21(27)12-16)19-14-30-23(24-19)26-20(15-6-3-2-4-7-15)13-18(25-26)22-8-5-11-29-22/h2-12,14,20,27H,13H2,1H3/t20-/m0/s1. The number of hydrogen-bond acceptors (Lipinski definition) is 7. The van der Waals surface area contributed by atoms with Crippen LogP contribution in [0.2, 0.25) is 0 Å². The van der Waals surface area contributed by atoms with Crippen molar-refractivity contribution in [2.75, 3.05) is 12.1 Å². The van der Waals surface area contributed by atoms with Gasteiger partial charge in [-0.05, 0) is 29.1 Å². The van der Waals surface area contributed by atoms with Gasteiger partial charge >= 0.3 is 0 Å². The molecule has 3 heterocycles. The van der Waals surface area contributed by atoms with Crippen LogP contribution in [0.1, 0.15) is 22.9 Å². The Morgan fingerprint density at radius 3 is 2.67 bits per heavy atom. The fraction of sp³-hybridized carbons (Fsp3) is 0.130. The molecule has 0 saturated carbocycles. The molecule has 0 aliphatic carbocycles. The molecule has 4 aromatic rings. The topological polar surface area (TPSA) is 58.0 Å². The van der Waals surface area contributed by atoms with Gasteiger partial charge in [-0.15, -0.1) is 22.7 Å². The fourth-order valence-electron chi connectivity index (χ4n) is 3.56. The van der Waals surface area contributed by atoms with Gasteiger partial charge in [0.2, 0.25) is 5.13 Å². The lowest BCUT2D eigenvalue weighted by molar-refractivity contribution is 0.408. The zero-order valence-corrected chi connectivity index (χ0v) is 17.9. The summed E-state index contributed by atoms with van der Waals surface area (Å²) in [5.41, 5.74) is 3.68. The summed E-state index contributed by atoms with van der Waals surface area (Å²) in [5, 5.41) is 22.2. The van der Waals surface area contributed by atoms with Gasteiger partial charge in [0.1, 0.15) is 11.5 Å². The van der Waals surface area contributed by atoms with E-state index in [-0.39, 0.29) is 11.8 Å². The van der Waals surface area contributed by atoms with Crippen LogP contribution in [0.3, 0.4) is 0 Å². The first-order chi connectivity index (χ1) is 14.7. The monoisotopic (exact) mass is 433 g/mol. The highest BCUT2D eigenvalue weighted by molar-refractivity contribution is 7.14. The number of ether oxygens (including phenoxy) is 1.